The Morgan fingerprint density at radius 1 is 0.458 bits per heavy atom. The number of anilines is 2. The molecule has 24 heavy (non-hydrogen) atoms. The van der Waals surface area contributed by atoms with Gasteiger partial charge in [-0.25, -0.2) is 8.78 Å². The van der Waals surface area contributed by atoms with Crippen molar-refractivity contribution in [3.63, 3.8) is 0 Å². The zero-order chi connectivity index (χ0) is 17.1. The Morgan fingerprint density at radius 2 is 0.792 bits per heavy atom. The highest BCUT2D eigenvalue weighted by atomic mass is 19.1. The van der Waals surface area contributed by atoms with E-state index in [2.05, 4.69) is 0 Å². The Labute approximate surface area is 138 Å². The van der Waals surface area contributed by atoms with E-state index in [1.807, 2.05) is 36.4 Å². The van der Waals surface area contributed by atoms with Crippen LogP contribution in [0.3, 0.4) is 0 Å². The molecule has 0 amide bonds. The molecule has 0 unspecified atom stereocenters. The molecule has 0 aliphatic heterocycles. The smallest absolute Gasteiger partial charge is 0.131 e. The van der Waals surface area contributed by atoms with Crippen LogP contribution < -0.4 is 11.5 Å². The number of hydrogen-bond acceptors (Lipinski definition) is 2. The van der Waals surface area contributed by atoms with E-state index in [9.17, 15) is 8.78 Å². The van der Waals surface area contributed by atoms with Crippen LogP contribution in [-0.2, 0) is 0 Å². The molecule has 0 atom stereocenters. The van der Waals surface area contributed by atoms with Gasteiger partial charge in [0.25, 0.3) is 0 Å². The van der Waals surface area contributed by atoms with E-state index >= 15 is 0 Å². The number of nitrogen functional groups attached to an aromatic ring is 2. The molecule has 0 spiro atoms. The van der Waals surface area contributed by atoms with E-state index < -0.39 is 0 Å². The van der Waals surface area contributed by atoms with E-state index in [1.54, 1.807) is 12.1 Å². The number of benzene rings is 4. The first kappa shape index (κ1) is 15.7. The third kappa shape index (κ3) is 2.99. The number of nitrogens with two attached hydrogens (primary N) is 2. The van der Waals surface area contributed by atoms with Crippen molar-refractivity contribution in [1.82, 2.24) is 0 Å². The first-order valence-electron chi connectivity index (χ1n) is 7.43. The van der Waals surface area contributed by atoms with Crippen molar-refractivity contribution in [3.05, 3.63) is 84.4 Å². The van der Waals surface area contributed by atoms with Crippen molar-refractivity contribution in [2.75, 3.05) is 11.5 Å². The Kier molecular flexibility index (Phi) is 4.29. The van der Waals surface area contributed by atoms with Crippen LogP contribution in [0, 0.1) is 11.6 Å². The first-order chi connectivity index (χ1) is 11.6. The van der Waals surface area contributed by atoms with Gasteiger partial charge in [0.05, 0.1) is 0 Å². The molecule has 0 aliphatic rings. The van der Waals surface area contributed by atoms with Gasteiger partial charge in [-0.3, -0.25) is 0 Å². The molecule has 0 saturated carbocycles. The molecular formula is C20H16F2N2. The van der Waals surface area contributed by atoms with E-state index in [-0.39, 0.29) is 11.6 Å². The third-order valence-corrected chi connectivity index (χ3v) is 3.81. The molecule has 0 heterocycles. The first-order valence-corrected chi connectivity index (χ1v) is 7.43. The molecule has 4 aromatic rings. The second-order valence-electron chi connectivity index (χ2n) is 5.36. The van der Waals surface area contributed by atoms with Gasteiger partial charge in [0, 0.05) is 32.9 Å². The summed E-state index contributed by atoms with van der Waals surface area (Å²) < 4.78 is 26.0. The van der Waals surface area contributed by atoms with Crippen molar-refractivity contribution in [2.45, 2.75) is 0 Å². The SMILES string of the molecule is Fc1cccc2c(F)cccc12.Nc1cccc2c(N)cccc12. The highest BCUT2D eigenvalue weighted by Gasteiger charge is 2.02. The van der Waals surface area contributed by atoms with Crippen molar-refractivity contribution in [1.29, 1.82) is 0 Å². The maximum Gasteiger partial charge on any atom is 0.131 e. The molecule has 0 aromatic heterocycles. The molecule has 0 aliphatic carbocycles. The van der Waals surface area contributed by atoms with Crippen molar-refractivity contribution < 1.29 is 8.78 Å². The lowest BCUT2D eigenvalue weighted by molar-refractivity contribution is 0.629. The molecule has 4 N–H and O–H groups in total. The number of hydrogen-bond donors (Lipinski definition) is 2. The minimum absolute atomic E-state index is 0.331. The largest absolute Gasteiger partial charge is 0.398 e. The fraction of sp³-hybridized carbons (Fsp3) is 0. The minimum atomic E-state index is -0.382. The topological polar surface area (TPSA) is 52.0 Å². The van der Waals surface area contributed by atoms with Gasteiger partial charge in [-0.1, -0.05) is 48.5 Å². The predicted octanol–water partition coefficient (Wildman–Crippen LogP) is 5.12. The quantitative estimate of drug-likeness (QED) is 0.441. The monoisotopic (exact) mass is 322 g/mol. The average molecular weight is 322 g/mol. The van der Waals surface area contributed by atoms with E-state index in [4.69, 9.17) is 11.5 Å². The summed E-state index contributed by atoms with van der Waals surface area (Å²) in [6.07, 6.45) is 0. The lowest BCUT2D eigenvalue weighted by atomic mass is 10.1. The van der Waals surface area contributed by atoms with E-state index in [0.717, 1.165) is 22.1 Å². The van der Waals surface area contributed by atoms with Gasteiger partial charge >= 0.3 is 0 Å². The van der Waals surface area contributed by atoms with Crippen molar-refractivity contribution in [2.24, 2.45) is 0 Å². The molecule has 0 bridgehead atoms. The molecule has 0 saturated heterocycles. The van der Waals surface area contributed by atoms with Gasteiger partial charge in [-0.2, -0.15) is 0 Å². The second kappa shape index (κ2) is 6.54. The molecule has 2 nitrogen and oxygen atoms in total. The zero-order valence-corrected chi connectivity index (χ0v) is 12.8. The van der Waals surface area contributed by atoms with Crippen LogP contribution in [0.15, 0.2) is 72.8 Å². The second-order valence-corrected chi connectivity index (χ2v) is 5.36. The third-order valence-electron chi connectivity index (χ3n) is 3.81. The van der Waals surface area contributed by atoms with Crippen LogP contribution in [0.1, 0.15) is 0 Å². The maximum atomic E-state index is 13.0. The van der Waals surface area contributed by atoms with Gasteiger partial charge in [0.1, 0.15) is 11.6 Å². The minimum Gasteiger partial charge on any atom is -0.398 e. The highest BCUT2D eigenvalue weighted by Crippen LogP contribution is 2.25. The summed E-state index contributed by atoms with van der Waals surface area (Å²) in [5, 5.41) is 2.71. The predicted molar refractivity (Wildman–Crippen MR) is 96.6 cm³/mol. The van der Waals surface area contributed by atoms with E-state index in [0.29, 0.717) is 10.8 Å². The summed E-state index contributed by atoms with van der Waals surface area (Å²) >= 11 is 0. The summed E-state index contributed by atoms with van der Waals surface area (Å²) in [6.45, 7) is 0. The fourth-order valence-corrected chi connectivity index (χ4v) is 2.59. The zero-order valence-electron chi connectivity index (χ0n) is 12.8. The lowest BCUT2D eigenvalue weighted by Crippen LogP contribution is -1.90. The molecular weight excluding hydrogens is 306 g/mol. The van der Waals surface area contributed by atoms with Gasteiger partial charge in [0.2, 0.25) is 0 Å². The van der Waals surface area contributed by atoms with Crippen LogP contribution in [0.4, 0.5) is 20.2 Å². The Morgan fingerprint density at radius 3 is 1.21 bits per heavy atom. The van der Waals surface area contributed by atoms with Crippen LogP contribution in [0.25, 0.3) is 21.5 Å². The van der Waals surface area contributed by atoms with Crippen LogP contribution in [0.2, 0.25) is 0 Å². The molecule has 4 rings (SSSR count). The molecule has 120 valence electrons. The van der Waals surface area contributed by atoms with Crippen LogP contribution in [0.5, 0.6) is 0 Å². The normalized spacial score (nSPS) is 10.4. The Bertz CT molecular complexity index is 847. The number of rotatable bonds is 0. The lowest BCUT2D eigenvalue weighted by Gasteiger charge is -2.03. The Balaban J connectivity index is 0.000000141. The summed E-state index contributed by atoms with van der Waals surface area (Å²) in [5.41, 5.74) is 13.1. The summed E-state index contributed by atoms with van der Waals surface area (Å²) in [5.74, 6) is -0.765. The standard InChI is InChI=1S/C10H6F2.C10H10N2/c2*11-9-5-1-3-7-8(9)4-2-6-10(7)12/h1-6H;1-6H,11-12H2. The summed E-state index contributed by atoms with van der Waals surface area (Å²) in [4.78, 5) is 0. The van der Waals surface area contributed by atoms with Crippen LogP contribution in [-0.4, -0.2) is 0 Å². The number of halogens is 2. The summed E-state index contributed by atoms with van der Waals surface area (Å²) in [7, 11) is 0. The molecule has 0 radical (unpaired) electrons. The van der Waals surface area contributed by atoms with Gasteiger partial charge < -0.3 is 11.5 Å². The van der Waals surface area contributed by atoms with Gasteiger partial charge in [-0.15, -0.1) is 0 Å². The maximum absolute atomic E-state index is 13.0. The highest BCUT2D eigenvalue weighted by molar-refractivity contribution is 5.99. The average Bonchev–Trinajstić information content (AvgIpc) is 2.58. The van der Waals surface area contributed by atoms with Crippen molar-refractivity contribution in [3.8, 4) is 0 Å². The Hall–Kier alpha value is -3.14. The number of fused-ring (bicyclic) bond motifs is 2. The molecule has 4 heteroatoms. The molecule has 4 aromatic carbocycles. The van der Waals surface area contributed by atoms with Crippen LogP contribution >= 0.6 is 0 Å². The van der Waals surface area contributed by atoms with E-state index in [1.165, 1.54) is 24.3 Å². The van der Waals surface area contributed by atoms with Crippen molar-refractivity contribution >= 4 is 32.9 Å². The van der Waals surface area contributed by atoms with Gasteiger partial charge in [0.15, 0.2) is 0 Å². The summed E-state index contributed by atoms with van der Waals surface area (Å²) in [6, 6.07) is 20.3. The fourth-order valence-electron chi connectivity index (χ4n) is 2.59. The molecule has 0 fully saturated rings. The van der Waals surface area contributed by atoms with Gasteiger partial charge in [-0.05, 0) is 24.3 Å².